The van der Waals surface area contributed by atoms with Gasteiger partial charge in [0, 0.05) is 6.54 Å². The van der Waals surface area contributed by atoms with Crippen LogP contribution in [0.5, 0.6) is 0 Å². The molecule has 2 N–H and O–H groups in total. The highest BCUT2D eigenvalue weighted by molar-refractivity contribution is 4.81. The molecule has 0 aliphatic carbocycles. The number of aliphatic hydroxyl groups is 1. The molecule has 1 fully saturated rings. The molecule has 0 aromatic carbocycles. The van der Waals surface area contributed by atoms with Crippen molar-refractivity contribution in [2.75, 3.05) is 13.1 Å². The Morgan fingerprint density at radius 2 is 2.55 bits per heavy atom. The molecule has 1 aliphatic rings. The molecule has 64 valence electrons. The molecule has 1 aliphatic heterocycles. The second-order valence-corrected chi connectivity index (χ2v) is 3.20. The van der Waals surface area contributed by atoms with Crippen LogP contribution in [-0.2, 0) is 0 Å². The lowest BCUT2D eigenvalue weighted by molar-refractivity contribution is 0.0946. The SMILES string of the molecule is C=CCC(O)C1CCCNC1. The summed E-state index contributed by atoms with van der Waals surface area (Å²) in [7, 11) is 0. The molecule has 1 rings (SSSR count). The molecule has 0 amide bonds. The molecular weight excluding hydrogens is 138 g/mol. The van der Waals surface area contributed by atoms with E-state index in [2.05, 4.69) is 11.9 Å². The summed E-state index contributed by atoms with van der Waals surface area (Å²) in [5, 5.41) is 12.8. The van der Waals surface area contributed by atoms with Gasteiger partial charge in [-0.2, -0.15) is 0 Å². The lowest BCUT2D eigenvalue weighted by Crippen LogP contribution is -2.36. The Balaban J connectivity index is 2.26. The van der Waals surface area contributed by atoms with E-state index in [1.807, 2.05) is 0 Å². The van der Waals surface area contributed by atoms with Gasteiger partial charge >= 0.3 is 0 Å². The van der Waals surface area contributed by atoms with Crippen LogP contribution in [0.2, 0.25) is 0 Å². The van der Waals surface area contributed by atoms with Crippen LogP contribution >= 0.6 is 0 Å². The number of aliphatic hydroxyl groups excluding tert-OH is 1. The summed E-state index contributed by atoms with van der Waals surface area (Å²) >= 11 is 0. The van der Waals surface area contributed by atoms with Crippen molar-refractivity contribution in [2.45, 2.75) is 25.4 Å². The molecule has 0 spiro atoms. The Morgan fingerprint density at radius 3 is 3.09 bits per heavy atom. The highest BCUT2D eigenvalue weighted by Gasteiger charge is 2.19. The Labute approximate surface area is 68.3 Å². The molecule has 11 heavy (non-hydrogen) atoms. The average Bonchev–Trinajstić information content (AvgIpc) is 2.07. The van der Waals surface area contributed by atoms with E-state index in [1.54, 1.807) is 6.08 Å². The third kappa shape index (κ3) is 2.64. The normalized spacial score (nSPS) is 27.9. The van der Waals surface area contributed by atoms with Crippen molar-refractivity contribution in [3.8, 4) is 0 Å². The van der Waals surface area contributed by atoms with Crippen molar-refractivity contribution >= 4 is 0 Å². The van der Waals surface area contributed by atoms with Crippen LogP contribution in [0.1, 0.15) is 19.3 Å². The molecule has 2 unspecified atom stereocenters. The highest BCUT2D eigenvalue weighted by atomic mass is 16.3. The summed E-state index contributed by atoms with van der Waals surface area (Å²) in [6.45, 7) is 5.69. The zero-order valence-electron chi connectivity index (χ0n) is 6.92. The van der Waals surface area contributed by atoms with Crippen LogP contribution < -0.4 is 5.32 Å². The predicted octanol–water partition coefficient (Wildman–Crippen LogP) is 0.923. The first kappa shape index (κ1) is 8.75. The van der Waals surface area contributed by atoms with Crippen molar-refractivity contribution in [1.82, 2.24) is 5.32 Å². The van der Waals surface area contributed by atoms with Crippen molar-refractivity contribution in [2.24, 2.45) is 5.92 Å². The highest BCUT2D eigenvalue weighted by Crippen LogP contribution is 2.16. The van der Waals surface area contributed by atoms with E-state index in [4.69, 9.17) is 0 Å². The van der Waals surface area contributed by atoms with Crippen LogP contribution in [0.4, 0.5) is 0 Å². The summed E-state index contributed by atoms with van der Waals surface area (Å²) in [4.78, 5) is 0. The topological polar surface area (TPSA) is 32.3 Å². The van der Waals surface area contributed by atoms with Gasteiger partial charge in [0.1, 0.15) is 0 Å². The van der Waals surface area contributed by atoms with Crippen LogP contribution in [0.3, 0.4) is 0 Å². The van der Waals surface area contributed by atoms with Crippen LogP contribution in [0, 0.1) is 5.92 Å². The van der Waals surface area contributed by atoms with Crippen molar-refractivity contribution in [3.63, 3.8) is 0 Å². The van der Waals surface area contributed by atoms with E-state index in [0.717, 1.165) is 25.9 Å². The lowest BCUT2D eigenvalue weighted by Gasteiger charge is -2.26. The fourth-order valence-corrected chi connectivity index (χ4v) is 1.57. The number of piperidine rings is 1. The smallest absolute Gasteiger partial charge is 0.0614 e. The van der Waals surface area contributed by atoms with Gasteiger partial charge in [-0.1, -0.05) is 6.08 Å². The monoisotopic (exact) mass is 155 g/mol. The average molecular weight is 155 g/mol. The molecule has 1 heterocycles. The predicted molar refractivity (Wildman–Crippen MR) is 46.4 cm³/mol. The molecule has 2 nitrogen and oxygen atoms in total. The van der Waals surface area contributed by atoms with Crippen molar-refractivity contribution < 1.29 is 5.11 Å². The second kappa shape index (κ2) is 4.52. The molecule has 0 aromatic rings. The number of nitrogens with one attached hydrogen (secondary N) is 1. The minimum absolute atomic E-state index is 0.180. The maximum absolute atomic E-state index is 9.56. The molecule has 0 saturated carbocycles. The van der Waals surface area contributed by atoms with E-state index in [9.17, 15) is 5.11 Å². The van der Waals surface area contributed by atoms with E-state index in [-0.39, 0.29) is 6.10 Å². The zero-order chi connectivity index (χ0) is 8.10. The molecule has 0 radical (unpaired) electrons. The van der Waals surface area contributed by atoms with Gasteiger partial charge in [-0.25, -0.2) is 0 Å². The Bertz CT molecular complexity index is 119. The Morgan fingerprint density at radius 1 is 1.73 bits per heavy atom. The summed E-state index contributed by atoms with van der Waals surface area (Å²) < 4.78 is 0. The molecule has 1 saturated heterocycles. The largest absolute Gasteiger partial charge is 0.392 e. The maximum Gasteiger partial charge on any atom is 0.0614 e. The van der Waals surface area contributed by atoms with Crippen LogP contribution in [0.15, 0.2) is 12.7 Å². The molecule has 0 bridgehead atoms. The van der Waals surface area contributed by atoms with Crippen LogP contribution in [0.25, 0.3) is 0 Å². The van der Waals surface area contributed by atoms with E-state index >= 15 is 0 Å². The summed E-state index contributed by atoms with van der Waals surface area (Å²) in [6.07, 6.45) is 4.69. The minimum Gasteiger partial charge on any atom is -0.392 e. The van der Waals surface area contributed by atoms with Gasteiger partial charge in [0.2, 0.25) is 0 Å². The number of hydrogen-bond acceptors (Lipinski definition) is 2. The van der Waals surface area contributed by atoms with Gasteiger partial charge in [0.05, 0.1) is 6.10 Å². The first-order chi connectivity index (χ1) is 5.34. The third-order valence-corrected chi connectivity index (χ3v) is 2.29. The van der Waals surface area contributed by atoms with Gasteiger partial charge in [0.15, 0.2) is 0 Å². The lowest BCUT2D eigenvalue weighted by atomic mass is 9.92. The number of rotatable bonds is 3. The quantitative estimate of drug-likeness (QED) is 0.594. The first-order valence-corrected chi connectivity index (χ1v) is 4.34. The second-order valence-electron chi connectivity index (χ2n) is 3.20. The number of hydrogen-bond donors (Lipinski definition) is 2. The van der Waals surface area contributed by atoms with Gasteiger partial charge in [-0.15, -0.1) is 6.58 Å². The van der Waals surface area contributed by atoms with Crippen molar-refractivity contribution in [1.29, 1.82) is 0 Å². The molecule has 2 heteroatoms. The fraction of sp³-hybridized carbons (Fsp3) is 0.778. The molecular formula is C9H17NO. The zero-order valence-corrected chi connectivity index (χ0v) is 6.92. The fourth-order valence-electron chi connectivity index (χ4n) is 1.57. The van der Waals surface area contributed by atoms with Crippen molar-refractivity contribution in [3.05, 3.63) is 12.7 Å². The van der Waals surface area contributed by atoms with E-state index in [0.29, 0.717) is 5.92 Å². The summed E-state index contributed by atoms with van der Waals surface area (Å²) in [5.41, 5.74) is 0. The van der Waals surface area contributed by atoms with E-state index < -0.39 is 0 Å². The van der Waals surface area contributed by atoms with Gasteiger partial charge in [-0.3, -0.25) is 0 Å². The van der Waals surface area contributed by atoms with Crippen LogP contribution in [-0.4, -0.2) is 24.3 Å². The molecule has 2 atom stereocenters. The Kier molecular flexibility index (Phi) is 3.60. The maximum atomic E-state index is 9.56. The standard InChI is InChI=1S/C9H17NO/c1-2-4-9(11)8-5-3-6-10-7-8/h2,8-11H,1,3-7H2. The first-order valence-electron chi connectivity index (χ1n) is 4.34. The Hall–Kier alpha value is -0.340. The summed E-state index contributed by atoms with van der Waals surface area (Å²) in [5.74, 6) is 0.446. The van der Waals surface area contributed by atoms with Gasteiger partial charge in [-0.05, 0) is 31.7 Å². The molecule has 0 aromatic heterocycles. The van der Waals surface area contributed by atoms with Gasteiger partial charge in [0.25, 0.3) is 0 Å². The summed E-state index contributed by atoms with van der Waals surface area (Å²) in [6, 6.07) is 0. The third-order valence-electron chi connectivity index (χ3n) is 2.29. The minimum atomic E-state index is -0.180. The van der Waals surface area contributed by atoms with E-state index in [1.165, 1.54) is 6.42 Å². The van der Waals surface area contributed by atoms with Gasteiger partial charge < -0.3 is 10.4 Å².